The van der Waals surface area contributed by atoms with Crippen LogP contribution < -0.4 is 15.2 Å². The quantitative estimate of drug-likeness (QED) is 0.398. The van der Waals surface area contributed by atoms with Crippen LogP contribution >= 0.6 is 23.2 Å². The molecule has 1 aromatic heterocycles. The zero-order chi connectivity index (χ0) is 21.3. The van der Waals surface area contributed by atoms with Crippen molar-refractivity contribution < 1.29 is 9.47 Å². The monoisotopic (exact) mass is 439 g/mol. The lowest BCUT2D eigenvalue weighted by molar-refractivity contribution is 0.415. The summed E-state index contributed by atoms with van der Waals surface area (Å²) >= 11 is 12.6. The summed E-state index contributed by atoms with van der Waals surface area (Å²) in [5.74, 6) is 1.39. The molecule has 0 fully saturated rings. The minimum Gasteiger partial charge on any atom is -0.497 e. The second kappa shape index (κ2) is 8.38. The molecule has 0 aliphatic rings. The zero-order valence-electron chi connectivity index (χ0n) is 16.4. The Kier molecular flexibility index (Phi) is 5.66. The maximum atomic E-state index is 6.37. The lowest BCUT2D eigenvalue weighted by Crippen LogP contribution is -2.02. The zero-order valence-corrected chi connectivity index (χ0v) is 18.0. The Labute approximate surface area is 184 Å². The average molecular weight is 440 g/mol. The number of anilines is 1. The van der Waals surface area contributed by atoms with Crippen molar-refractivity contribution in [2.24, 2.45) is 0 Å². The van der Waals surface area contributed by atoms with Crippen molar-refractivity contribution in [1.29, 1.82) is 0 Å². The van der Waals surface area contributed by atoms with Gasteiger partial charge in [0.1, 0.15) is 17.2 Å². The molecule has 0 radical (unpaired) electrons. The molecule has 7 heteroatoms. The van der Waals surface area contributed by atoms with Crippen molar-refractivity contribution >= 4 is 39.7 Å². The van der Waals surface area contributed by atoms with Crippen LogP contribution in [0, 0.1) is 0 Å². The summed E-state index contributed by atoms with van der Waals surface area (Å²) < 4.78 is 10.5. The summed E-state index contributed by atoms with van der Waals surface area (Å²) in [4.78, 5) is 0. The summed E-state index contributed by atoms with van der Waals surface area (Å²) in [6.45, 7) is 0. The number of aromatic nitrogens is 2. The predicted molar refractivity (Wildman–Crippen MR) is 122 cm³/mol. The summed E-state index contributed by atoms with van der Waals surface area (Å²) in [5.41, 5.74) is 10.2. The van der Waals surface area contributed by atoms with Crippen LogP contribution in [-0.4, -0.2) is 24.4 Å². The van der Waals surface area contributed by atoms with Crippen LogP contribution in [0.15, 0.2) is 54.6 Å². The molecule has 0 bridgehead atoms. The van der Waals surface area contributed by atoms with Crippen LogP contribution in [0.5, 0.6) is 11.5 Å². The molecule has 4 aromatic rings. The molecule has 0 aliphatic heterocycles. The highest BCUT2D eigenvalue weighted by atomic mass is 35.5. The van der Waals surface area contributed by atoms with Gasteiger partial charge in [-0.25, -0.2) is 0 Å². The molecule has 0 atom stereocenters. The number of hydrogen-bond donors (Lipinski definition) is 1. The van der Waals surface area contributed by atoms with E-state index in [9.17, 15) is 0 Å². The fraction of sp³-hybridized carbons (Fsp3) is 0.130. The van der Waals surface area contributed by atoms with Gasteiger partial charge in [-0.15, -0.1) is 5.10 Å². The first-order chi connectivity index (χ1) is 14.5. The molecular formula is C23H19Cl2N3O2. The number of halogens is 2. The first-order valence-electron chi connectivity index (χ1n) is 9.22. The first-order valence-corrected chi connectivity index (χ1v) is 9.97. The smallest absolute Gasteiger partial charge is 0.137 e. The summed E-state index contributed by atoms with van der Waals surface area (Å²) in [6.07, 6.45) is 0.539. The van der Waals surface area contributed by atoms with E-state index in [1.54, 1.807) is 20.3 Å². The van der Waals surface area contributed by atoms with Crippen LogP contribution in [0.25, 0.3) is 22.0 Å². The number of rotatable bonds is 5. The molecule has 0 spiro atoms. The molecule has 5 nitrogen and oxygen atoms in total. The lowest BCUT2D eigenvalue weighted by atomic mass is 9.99. The van der Waals surface area contributed by atoms with Crippen LogP contribution in [0.2, 0.25) is 10.0 Å². The number of fused-ring (bicyclic) bond motifs is 1. The van der Waals surface area contributed by atoms with Gasteiger partial charge >= 0.3 is 0 Å². The minimum atomic E-state index is 0.476. The fourth-order valence-corrected chi connectivity index (χ4v) is 3.84. The van der Waals surface area contributed by atoms with E-state index < -0.39 is 0 Å². The van der Waals surface area contributed by atoms with Crippen LogP contribution in [0.1, 0.15) is 11.3 Å². The Morgan fingerprint density at radius 1 is 0.867 bits per heavy atom. The largest absolute Gasteiger partial charge is 0.497 e. The summed E-state index contributed by atoms with van der Waals surface area (Å²) in [6, 6.07) is 17.0. The van der Waals surface area contributed by atoms with Gasteiger partial charge in [-0.3, -0.25) is 0 Å². The van der Waals surface area contributed by atoms with E-state index in [1.807, 2.05) is 48.5 Å². The van der Waals surface area contributed by atoms with Gasteiger partial charge in [0.25, 0.3) is 0 Å². The van der Waals surface area contributed by atoms with E-state index in [0.29, 0.717) is 33.6 Å². The van der Waals surface area contributed by atoms with Crippen molar-refractivity contribution in [3.8, 4) is 22.8 Å². The second-order valence-corrected chi connectivity index (χ2v) is 7.57. The number of benzene rings is 3. The third-order valence-corrected chi connectivity index (χ3v) is 5.59. The normalized spacial score (nSPS) is 10.9. The fourth-order valence-electron chi connectivity index (χ4n) is 3.40. The van der Waals surface area contributed by atoms with Crippen molar-refractivity contribution in [3.05, 3.63) is 75.9 Å². The van der Waals surface area contributed by atoms with Gasteiger partial charge in [-0.05, 0) is 48.0 Å². The minimum absolute atomic E-state index is 0.476. The highest BCUT2D eigenvalue weighted by molar-refractivity contribution is 6.35. The van der Waals surface area contributed by atoms with Crippen molar-refractivity contribution in [3.63, 3.8) is 0 Å². The molecule has 0 saturated carbocycles. The van der Waals surface area contributed by atoms with E-state index >= 15 is 0 Å². The molecule has 0 saturated heterocycles. The molecule has 0 amide bonds. The number of nitrogens with two attached hydrogens (primary N) is 1. The Hall–Kier alpha value is -3.02. The highest BCUT2D eigenvalue weighted by Gasteiger charge is 2.16. The Morgan fingerprint density at radius 3 is 2.30 bits per heavy atom. The van der Waals surface area contributed by atoms with Gasteiger partial charge in [-0.1, -0.05) is 35.3 Å². The van der Waals surface area contributed by atoms with E-state index in [2.05, 4.69) is 10.2 Å². The van der Waals surface area contributed by atoms with Crippen molar-refractivity contribution in [2.45, 2.75) is 6.42 Å². The highest BCUT2D eigenvalue weighted by Crippen LogP contribution is 2.37. The van der Waals surface area contributed by atoms with Gasteiger partial charge in [0.05, 0.1) is 35.6 Å². The standard InChI is InChI=1S/C23H19Cl2N3O2/c1-29-15-6-4-14(5-7-15)23-21-16(8-9-17(24)22(21)26)19(27-28-23)12-13-3-10-20(30-2)18(25)11-13/h3-11H,12,26H2,1-2H3. The van der Waals surface area contributed by atoms with Crippen LogP contribution in [-0.2, 0) is 6.42 Å². The van der Waals surface area contributed by atoms with E-state index in [0.717, 1.165) is 33.3 Å². The Bertz CT molecular complexity index is 1230. The van der Waals surface area contributed by atoms with Gasteiger partial charge in [0.2, 0.25) is 0 Å². The molecule has 30 heavy (non-hydrogen) atoms. The van der Waals surface area contributed by atoms with Crippen LogP contribution in [0.3, 0.4) is 0 Å². The maximum Gasteiger partial charge on any atom is 0.137 e. The predicted octanol–water partition coefficient (Wildman–Crippen LogP) is 5.79. The van der Waals surface area contributed by atoms with Crippen LogP contribution in [0.4, 0.5) is 5.69 Å². The van der Waals surface area contributed by atoms with Gasteiger partial charge < -0.3 is 15.2 Å². The molecule has 3 aromatic carbocycles. The number of ether oxygens (including phenoxy) is 2. The maximum absolute atomic E-state index is 6.37. The van der Waals surface area contributed by atoms with Gasteiger partial charge in [0, 0.05) is 22.8 Å². The van der Waals surface area contributed by atoms with Crippen molar-refractivity contribution in [1.82, 2.24) is 10.2 Å². The molecule has 1 heterocycles. The lowest BCUT2D eigenvalue weighted by Gasteiger charge is -2.13. The third-order valence-electron chi connectivity index (χ3n) is 4.96. The Morgan fingerprint density at radius 2 is 1.63 bits per heavy atom. The Balaban J connectivity index is 1.85. The summed E-state index contributed by atoms with van der Waals surface area (Å²) in [5, 5.41) is 11.7. The number of nitrogen functional groups attached to an aromatic ring is 1. The second-order valence-electron chi connectivity index (χ2n) is 6.75. The molecule has 2 N–H and O–H groups in total. The summed E-state index contributed by atoms with van der Waals surface area (Å²) in [7, 11) is 3.21. The molecular weight excluding hydrogens is 421 g/mol. The van der Waals surface area contributed by atoms with Crippen molar-refractivity contribution in [2.75, 3.05) is 20.0 Å². The van der Waals surface area contributed by atoms with Gasteiger partial charge in [-0.2, -0.15) is 5.10 Å². The SMILES string of the molecule is COc1ccc(-c2nnc(Cc3ccc(OC)c(Cl)c3)c3ccc(Cl)c(N)c23)cc1. The van der Waals surface area contributed by atoms with E-state index in [1.165, 1.54) is 0 Å². The number of hydrogen-bond acceptors (Lipinski definition) is 5. The van der Waals surface area contributed by atoms with Gasteiger partial charge in [0.15, 0.2) is 0 Å². The molecule has 152 valence electrons. The molecule has 4 rings (SSSR count). The van der Waals surface area contributed by atoms with E-state index in [4.69, 9.17) is 38.4 Å². The first kappa shape index (κ1) is 20.3. The average Bonchev–Trinajstić information content (AvgIpc) is 2.77. The van der Waals surface area contributed by atoms with E-state index in [-0.39, 0.29) is 0 Å². The third kappa shape index (κ3) is 3.74. The topological polar surface area (TPSA) is 70.3 Å². The number of nitrogens with zero attached hydrogens (tertiary/aromatic N) is 2. The number of methoxy groups -OCH3 is 2. The molecule has 0 aliphatic carbocycles. The molecule has 0 unspecified atom stereocenters.